The van der Waals surface area contributed by atoms with Gasteiger partial charge in [-0.3, -0.25) is 4.98 Å². The predicted molar refractivity (Wildman–Crippen MR) is 67.5 cm³/mol. The monoisotopic (exact) mass is 218 g/mol. The van der Waals surface area contributed by atoms with Crippen molar-refractivity contribution < 1.29 is 0 Å². The van der Waals surface area contributed by atoms with Crippen molar-refractivity contribution in [3.63, 3.8) is 0 Å². The second kappa shape index (κ2) is 5.44. The summed E-state index contributed by atoms with van der Waals surface area (Å²) in [6, 6.07) is 2.89. The molecule has 1 heterocycles. The van der Waals surface area contributed by atoms with Crippen molar-refractivity contribution >= 4 is 0 Å². The summed E-state index contributed by atoms with van der Waals surface area (Å²) in [4.78, 5) is 4.12. The summed E-state index contributed by atoms with van der Waals surface area (Å²) in [7, 11) is 0. The fourth-order valence-electron chi connectivity index (χ4n) is 2.32. The van der Waals surface area contributed by atoms with Gasteiger partial charge in [-0.05, 0) is 62.3 Å². The molecular weight excluding hydrogens is 196 g/mol. The number of aryl methyl sites for hydroxylation is 1. The molecule has 0 bridgehead atoms. The van der Waals surface area contributed by atoms with Gasteiger partial charge in [-0.25, -0.2) is 0 Å². The summed E-state index contributed by atoms with van der Waals surface area (Å²) in [6.45, 7) is 5.52. The zero-order valence-corrected chi connectivity index (χ0v) is 10.4. The molecule has 1 aromatic rings. The highest BCUT2D eigenvalue weighted by Gasteiger charge is 2.29. The van der Waals surface area contributed by atoms with Crippen LogP contribution in [0.4, 0.5) is 0 Å². The van der Waals surface area contributed by atoms with E-state index in [9.17, 15) is 0 Å². The molecule has 1 aliphatic carbocycles. The van der Waals surface area contributed by atoms with Crippen LogP contribution in [0.5, 0.6) is 0 Å². The van der Waals surface area contributed by atoms with Crippen LogP contribution in [0.25, 0.3) is 0 Å². The van der Waals surface area contributed by atoms with E-state index >= 15 is 0 Å². The molecule has 2 heteroatoms. The lowest BCUT2D eigenvalue weighted by atomic mass is 10.1. The van der Waals surface area contributed by atoms with Crippen LogP contribution < -0.4 is 5.32 Å². The van der Waals surface area contributed by atoms with Gasteiger partial charge < -0.3 is 5.32 Å². The van der Waals surface area contributed by atoms with Gasteiger partial charge in [-0.1, -0.05) is 6.92 Å². The largest absolute Gasteiger partial charge is 0.313 e. The van der Waals surface area contributed by atoms with Gasteiger partial charge in [-0.2, -0.15) is 0 Å². The van der Waals surface area contributed by atoms with Crippen LogP contribution in [0.3, 0.4) is 0 Å². The Hall–Kier alpha value is -0.890. The van der Waals surface area contributed by atoms with Crippen LogP contribution in [-0.4, -0.2) is 17.6 Å². The molecule has 1 saturated carbocycles. The first-order chi connectivity index (χ1) is 7.81. The number of pyridine rings is 1. The van der Waals surface area contributed by atoms with E-state index < -0.39 is 0 Å². The lowest BCUT2D eigenvalue weighted by Crippen LogP contribution is -2.32. The van der Waals surface area contributed by atoms with Crippen molar-refractivity contribution in [1.29, 1.82) is 0 Å². The minimum absolute atomic E-state index is 0.752. The van der Waals surface area contributed by atoms with Crippen molar-refractivity contribution in [2.24, 2.45) is 5.92 Å². The zero-order valence-electron chi connectivity index (χ0n) is 10.4. The third-order valence-electron chi connectivity index (χ3n) is 3.57. The van der Waals surface area contributed by atoms with Gasteiger partial charge in [0.05, 0.1) is 0 Å². The standard InChI is InChI=1S/C14H22N2/c1-3-14(13-4-5-13)16-9-7-12-6-8-15-10-11(12)2/h6,8,10,13-14,16H,3-5,7,9H2,1-2H3. The van der Waals surface area contributed by atoms with Gasteiger partial charge >= 0.3 is 0 Å². The molecule has 1 aromatic heterocycles. The lowest BCUT2D eigenvalue weighted by Gasteiger charge is -2.16. The van der Waals surface area contributed by atoms with Gasteiger partial charge in [0.15, 0.2) is 0 Å². The molecule has 2 nitrogen and oxygen atoms in total. The zero-order chi connectivity index (χ0) is 11.4. The van der Waals surface area contributed by atoms with Crippen molar-refractivity contribution in [3.05, 3.63) is 29.6 Å². The van der Waals surface area contributed by atoms with E-state index in [1.54, 1.807) is 0 Å². The molecule has 0 radical (unpaired) electrons. The Kier molecular flexibility index (Phi) is 3.94. The minimum atomic E-state index is 0.752. The number of hydrogen-bond donors (Lipinski definition) is 1. The SMILES string of the molecule is CCC(NCCc1ccncc1C)C1CC1. The Labute approximate surface area is 98.5 Å². The normalized spacial score (nSPS) is 17.4. The average Bonchev–Trinajstić information content (AvgIpc) is 3.11. The van der Waals surface area contributed by atoms with Crippen molar-refractivity contribution in [1.82, 2.24) is 10.3 Å². The molecule has 0 saturated heterocycles. The van der Waals surface area contributed by atoms with Crippen LogP contribution >= 0.6 is 0 Å². The van der Waals surface area contributed by atoms with Gasteiger partial charge in [0.2, 0.25) is 0 Å². The number of nitrogens with zero attached hydrogens (tertiary/aromatic N) is 1. The van der Waals surface area contributed by atoms with E-state index in [0.29, 0.717) is 0 Å². The quantitative estimate of drug-likeness (QED) is 0.794. The Balaban J connectivity index is 1.77. The highest BCUT2D eigenvalue weighted by atomic mass is 14.9. The third-order valence-corrected chi connectivity index (χ3v) is 3.57. The molecule has 0 aliphatic heterocycles. The molecule has 0 amide bonds. The molecule has 2 rings (SSSR count). The van der Waals surface area contributed by atoms with Crippen molar-refractivity contribution in [2.75, 3.05) is 6.54 Å². The number of rotatable bonds is 6. The predicted octanol–water partition coefficient (Wildman–Crippen LogP) is 2.71. The molecule has 0 aromatic carbocycles. The Morgan fingerprint density at radius 3 is 2.94 bits per heavy atom. The average molecular weight is 218 g/mol. The first-order valence-corrected chi connectivity index (χ1v) is 6.44. The molecule has 1 unspecified atom stereocenters. The van der Waals surface area contributed by atoms with Gasteiger partial charge in [-0.15, -0.1) is 0 Å². The van der Waals surface area contributed by atoms with Crippen LogP contribution in [0, 0.1) is 12.8 Å². The fourth-order valence-corrected chi connectivity index (χ4v) is 2.32. The molecule has 1 N–H and O–H groups in total. The molecule has 0 spiro atoms. The maximum absolute atomic E-state index is 4.12. The Morgan fingerprint density at radius 1 is 1.50 bits per heavy atom. The van der Waals surface area contributed by atoms with Crippen molar-refractivity contribution in [2.45, 2.75) is 45.6 Å². The third kappa shape index (κ3) is 3.05. The fraction of sp³-hybridized carbons (Fsp3) is 0.643. The smallest absolute Gasteiger partial charge is 0.0299 e. The second-order valence-corrected chi connectivity index (χ2v) is 4.86. The second-order valence-electron chi connectivity index (χ2n) is 4.86. The number of nitrogens with one attached hydrogen (secondary N) is 1. The van der Waals surface area contributed by atoms with E-state index in [2.05, 4.69) is 30.2 Å². The summed E-state index contributed by atoms with van der Waals surface area (Å²) in [5.41, 5.74) is 2.73. The molecule has 1 atom stereocenters. The molecule has 1 aliphatic rings. The summed E-state index contributed by atoms with van der Waals surface area (Å²) >= 11 is 0. The summed E-state index contributed by atoms with van der Waals surface area (Å²) in [6.07, 6.45) is 9.09. The van der Waals surface area contributed by atoms with E-state index in [1.165, 1.54) is 30.4 Å². The van der Waals surface area contributed by atoms with Gasteiger partial charge in [0, 0.05) is 18.4 Å². The first kappa shape index (κ1) is 11.6. The Morgan fingerprint density at radius 2 is 2.31 bits per heavy atom. The summed E-state index contributed by atoms with van der Waals surface area (Å²) in [5.74, 6) is 0.962. The topological polar surface area (TPSA) is 24.9 Å². The summed E-state index contributed by atoms with van der Waals surface area (Å²) in [5, 5.41) is 3.69. The number of hydrogen-bond acceptors (Lipinski definition) is 2. The van der Waals surface area contributed by atoms with Crippen molar-refractivity contribution in [3.8, 4) is 0 Å². The van der Waals surface area contributed by atoms with Crippen LogP contribution in [0.2, 0.25) is 0 Å². The van der Waals surface area contributed by atoms with Crippen LogP contribution in [0.15, 0.2) is 18.5 Å². The van der Waals surface area contributed by atoms with Gasteiger partial charge in [0.1, 0.15) is 0 Å². The molecular formula is C14H22N2. The highest BCUT2D eigenvalue weighted by Crippen LogP contribution is 2.33. The molecule has 88 valence electrons. The Bertz CT molecular complexity index is 331. The van der Waals surface area contributed by atoms with E-state index in [0.717, 1.165) is 24.9 Å². The minimum Gasteiger partial charge on any atom is -0.313 e. The van der Waals surface area contributed by atoms with Crippen LogP contribution in [0.1, 0.15) is 37.3 Å². The van der Waals surface area contributed by atoms with Crippen LogP contribution in [-0.2, 0) is 6.42 Å². The number of aromatic nitrogens is 1. The molecule has 1 fully saturated rings. The molecule has 16 heavy (non-hydrogen) atoms. The van der Waals surface area contributed by atoms with Gasteiger partial charge in [0.25, 0.3) is 0 Å². The van der Waals surface area contributed by atoms with E-state index in [-0.39, 0.29) is 0 Å². The van der Waals surface area contributed by atoms with E-state index in [4.69, 9.17) is 0 Å². The maximum Gasteiger partial charge on any atom is 0.0299 e. The maximum atomic E-state index is 4.12. The first-order valence-electron chi connectivity index (χ1n) is 6.44. The summed E-state index contributed by atoms with van der Waals surface area (Å²) < 4.78 is 0. The van der Waals surface area contributed by atoms with E-state index in [1.807, 2.05) is 12.4 Å². The lowest BCUT2D eigenvalue weighted by molar-refractivity contribution is 0.453. The highest BCUT2D eigenvalue weighted by molar-refractivity contribution is 5.21.